The van der Waals surface area contributed by atoms with Crippen molar-refractivity contribution in [3.8, 4) is 11.8 Å². The molecule has 2 aliphatic rings. The lowest BCUT2D eigenvalue weighted by Crippen LogP contribution is -2.31. The number of amides is 1. The Bertz CT molecular complexity index is 1220. The number of fused-ring (bicyclic) bond motifs is 1. The Balaban J connectivity index is 1.66. The van der Waals surface area contributed by atoms with E-state index in [1.54, 1.807) is 32.4 Å². The van der Waals surface area contributed by atoms with Crippen molar-refractivity contribution in [3.05, 3.63) is 17.3 Å². The topological polar surface area (TPSA) is 231 Å². The van der Waals surface area contributed by atoms with E-state index in [0.29, 0.717) is 17.7 Å². The fraction of sp³-hybridized carbons (Fsp3) is 0.609. The summed E-state index contributed by atoms with van der Waals surface area (Å²) in [6.45, 7) is -0.811. The molecule has 2 unspecified atom stereocenters. The summed E-state index contributed by atoms with van der Waals surface area (Å²) in [6, 6.07) is 0. The quantitative estimate of drug-likeness (QED) is 0.0328. The highest BCUT2D eigenvalue weighted by atomic mass is 33.1. The number of hydrogen-bond acceptors (Lipinski definition) is 15. The average molecular weight is 651 g/mol. The monoisotopic (exact) mass is 650 g/mol. The standard InChI is InChI=1S/C23H35N6O10PS2/c1-26-6-8-42-41-7-4-20(32)27-5-2-3-15-11-29(23-22(15)16(31)9-19(24)28-23)21-10-17(39-25)18(38-21)12-36-40(33,34)37-14-35-13-30/h11,17-18,21,26,30H,4-10,12-14,25H2,1H3,(H2,24,28)(H,27,32)(H,33,34)/t17?,18-,21-/m1/s1. The van der Waals surface area contributed by atoms with Gasteiger partial charge in [-0.15, -0.1) is 0 Å². The number of carbonyl (C=O) groups excluding carboxylic acids is 2. The van der Waals surface area contributed by atoms with Crippen LogP contribution in [-0.4, -0.2) is 96.1 Å². The van der Waals surface area contributed by atoms with Crippen molar-refractivity contribution in [1.29, 1.82) is 0 Å². The maximum absolute atomic E-state index is 12.9. The molecule has 2 aliphatic heterocycles. The van der Waals surface area contributed by atoms with E-state index in [0.717, 1.165) is 12.3 Å². The van der Waals surface area contributed by atoms with Gasteiger partial charge in [0.1, 0.15) is 36.9 Å². The fourth-order valence-electron chi connectivity index (χ4n) is 3.92. The number of nitrogens with zero attached hydrogens (tertiary/aromatic N) is 2. The SMILES string of the molecule is CNCCSSCCC(=O)NCC#Cc1cn([C@H]2CC(ON)[C@@H](COP(=O)(O)OCOCO)O2)c2c1C(=O)CC(N)=N2. The van der Waals surface area contributed by atoms with Gasteiger partial charge < -0.3 is 40.4 Å². The second-order valence-electron chi connectivity index (χ2n) is 8.81. The molecular weight excluding hydrogens is 615 g/mol. The van der Waals surface area contributed by atoms with Crippen LogP contribution in [0, 0.1) is 11.8 Å². The zero-order valence-corrected chi connectivity index (χ0v) is 25.4. The van der Waals surface area contributed by atoms with Gasteiger partial charge in [0.15, 0.2) is 12.6 Å². The van der Waals surface area contributed by atoms with Crippen LogP contribution < -0.4 is 22.3 Å². The Hall–Kier alpha value is -1.98. The number of carbonyl (C=O) groups is 2. The number of nitrogens with one attached hydrogen (secondary N) is 2. The summed E-state index contributed by atoms with van der Waals surface area (Å²) in [5, 5.41) is 14.4. The van der Waals surface area contributed by atoms with Crippen molar-refractivity contribution in [2.24, 2.45) is 16.6 Å². The smallest absolute Gasteiger partial charge is 0.387 e. The largest absolute Gasteiger partial charge is 0.474 e. The molecule has 4 atom stereocenters. The zero-order valence-electron chi connectivity index (χ0n) is 22.9. The molecule has 0 saturated carbocycles. The number of phosphoric acid groups is 1. The minimum Gasteiger partial charge on any atom is -0.387 e. The molecule has 1 aromatic heterocycles. The summed E-state index contributed by atoms with van der Waals surface area (Å²) < 4.78 is 33.6. The Morgan fingerprint density at radius 3 is 2.88 bits per heavy atom. The van der Waals surface area contributed by atoms with Crippen LogP contribution in [0.1, 0.15) is 41.4 Å². The molecule has 8 N–H and O–H groups in total. The van der Waals surface area contributed by atoms with Gasteiger partial charge in [0.2, 0.25) is 5.91 Å². The number of ether oxygens (including phenoxy) is 2. The van der Waals surface area contributed by atoms with E-state index in [-0.39, 0.29) is 48.3 Å². The molecule has 0 bridgehead atoms. The molecule has 3 rings (SSSR count). The zero-order chi connectivity index (χ0) is 30.5. The van der Waals surface area contributed by atoms with Crippen molar-refractivity contribution < 1.29 is 47.5 Å². The highest BCUT2D eigenvalue weighted by molar-refractivity contribution is 8.76. The molecule has 1 fully saturated rings. The molecular formula is C23H35N6O10PS2. The number of aliphatic hydroxyl groups excluding tert-OH is 1. The van der Waals surface area contributed by atoms with Crippen LogP contribution in [-0.2, 0) is 32.7 Å². The maximum Gasteiger partial charge on any atom is 0.474 e. The summed E-state index contributed by atoms with van der Waals surface area (Å²) in [5.41, 5.74) is 6.54. The lowest BCUT2D eigenvalue weighted by atomic mass is 10.0. The highest BCUT2D eigenvalue weighted by Gasteiger charge is 2.41. The van der Waals surface area contributed by atoms with Crippen LogP contribution in [0.2, 0.25) is 0 Å². The van der Waals surface area contributed by atoms with Crippen molar-refractivity contribution in [1.82, 2.24) is 15.2 Å². The lowest BCUT2D eigenvalue weighted by Gasteiger charge is -2.19. The van der Waals surface area contributed by atoms with E-state index in [1.807, 2.05) is 7.05 Å². The molecule has 1 amide bonds. The minimum absolute atomic E-state index is 0.0747. The van der Waals surface area contributed by atoms with Crippen LogP contribution in [0.4, 0.5) is 5.82 Å². The molecule has 0 aliphatic carbocycles. The molecule has 16 nitrogen and oxygen atoms in total. The number of aromatic nitrogens is 1. The third-order valence-electron chi connectivity index (χ3n) is 5.86. The minimum atomic E-state index is -4.53. The summed E-state index contributed by atoms with van der Waals surface area (Å²) in [4.78, 5) is 44.1. The molecule has 42 heavy (non-hydrogen) atoms. The van der Waals surface area contributed by atoms with Crippen molar-refractivity contribution in [2.45, 2.75) is 37.7 Å². The first-order chi connectivity index (χ1) is 20.2. The predicted molar refractivity (Wildman–Crippen MR) is 155 cm³/mol. The normalized spacial score (nSPS) is 21.3. The number of rotatable bonds is 17. The second kappa shape index (κ2) is 17.3. The second-order valence-corrected chi connectivity index (χ2v) is 13.0. The number of hydrogen-bond donors (Lipinski definition) is 6. The van der Waals surface area contributed by atoms with Gasteiger partial charge in [-0.3, -0.25) is 23.5 Å². The summed E-state index contributed by atoms with van der Waals surface area (Å²) in [5.74, 6) is 12.8. The third kappa shape index (κ3) is 10.3. The summed E-state index contributed by atoms with van der Waals surface area (Å²) in [6.07, 6.45) is -0.370. The number of amidine groups is 1. The number of phosphoric ester groups is 1. The Kier molecular flexibility index (Phi) is 14.3. The van der Waals surface area contributed by atoms with Gasteiger partial charge in [-0.05, 0) is 7.05 Å². The lowest BCUT2D eigenvalue weighted by molar-refractivity contribution is -0.120. The van der Waals surface area contributed by atoms with Gasteiger partial charge in [0.05, 0.1) is 30.7 Å². The van der Waals surface area contributed by atoms with Gasteiger partial charge in [-0.2, -0.15) is 0 Å². The highest BCUT2D eigenvalue weighted by Crippen LogP contribution is 2.45. The van der Waals surface area contributed by atoms with E-state index in [9.17, 15) is 19.0 Å². The summed E-state index contributed by atoms with van der Waals surface area (Å²) in [7, 11) is 0.696. The van der Waals surface area contributed by atoms with Crippen LogP contribution in [0.25, 0.3) is 0 Å². The van der Waals surface area contributed by atoms with E-state index in [4.69, 9.17) is 30.8 Å². The summed E-state index contributed by atoms with van der Waals surface area (Å²) >= 11 is 0. The molecule has 1 aromatic rings. The van der Waals surface area contributed by atoms with E-state index < -0.39 is 46.5 Å². The number of aliphatic hydroxyl groups is 1. The average Bonchev–Trinajstić information content (AvgIpc) is 3.53. The predicted octanol–water partition coefficient (Wildman–Crippen LogP) is 0.126. The number of Topliss-reactive ketones (excluding diaryl/α,β-unsaturated/α-hetero) is 1. The van der Waals surface area contributed by atoms with Gasteiger partial charge >= 0.3 is 7.82 Å². The maximum atomic E-state index is 12.9. The number of ketones is 1. The van der Waals surface area contributed by atoms with Crippen LogP contribution >= 0.6 is 29.4 Å². The first-order valence-corrected chi connectivity index (χ1v) is 16.7. The number of aliphatic imine (C=N–C) groups is 1. The fourth-order valence-corrected chi connectivity index (χ4v) is 6.54. The van der Waals surface area contributed by atoms with Crippen LogP contribution in [0.3, 0.4) is 0 Å². The molecule has 0 aromatic carbocycles. The molecule has 19 heteroatoms. The van der Waals surface area contributed by atoms with E-state index in [2.05, 4.69) is 36.7 Å². The van der Waals surface area contributed by atoms with E-state index in [1.165, 1.54) is 0 Å². The van der Waals surface area contributed by atoms with Crippen molar-refractivity contribution >= 4 is 52.8 Å². The molecule has 3 heterocycles. The van der Waals surface area contributed by atoms with Gasteiger partial charge in [0, 0.05) is 37.1 Å². The van der Waals surface area contributed by atoms with Crippen LogP contribution in [0.5, 0.6) is 0 Å². The molecule has 1 saturated heterocycles. The van der Waals surface area contributed by atoms with Crippen molar-refractivity contribution in [3.63, 3.8) is 0 Å². The van der Waals surface area contributed by atoms with Crippen LogP contribution in [0.15, 0.2) is 11.2 Å². The Labute approximate surface area is 250 Å². The first-order valence-electron chi connectivity index (χ1n) is 12.8. The van der Waals surface area contributed by atoms with E-state index >= 15 is 0 Å². The van der Waals surface area contributed by atoms with Gasteiger partial charge in [-0.1, -0.05) is 33.4 Å². The third-order valence-corrected chi connectivity index (χ3v) is 9.18. The molecule has 0 spiro atoms. The van der Waals surface area contributed by atoms with Gasteiger partial charge in [0.25, 0.3) is 0 Å². The number of nitrogens with two attached hydrogens (primary N) is 2. The molecule has 0 radical (unpaired) electrons. The van der Waals surface area contributed by atoms with Crippen molar-refractivity contribution in [2.75, 3.05) is 51.8 Å². The van der Waals surface area contributed by atoms with Gasteiger partial charge in [-0.25, -0.2) is 15.5 Å². The Morgan fingerprint density at radius 2 is 2.14 bits per heavy atom. The Morgan fingerprint density at radius 1 is 1.36 bits per heavy atom. The first kappa shape index (κ1) is 34.5. The molecule has 234 valence electrons.